The van der Waals surface area contributed by atoms with E-state index in [1.165, 1.54) is 5.57 Å². The highest BCUT2D eigenvalue weighted by atomic mass is 32.1. The molecule has 0 bridgehead atoms. The van der Waals surface area contributed by atoms with Crippen LogP contribution in [0.25, 0.3) is 0 Å². The second kappa shape index (κ2) is 5.89. The van der Waals surface area contributed by atoms with Crippen LogP contribution in [0.1, 0.15) is 13.8 Å². The maximum Gasteiger partial charge on any atom is 0.0611 e. The molecule has 1 nitrogen and oxygen atoms in total. The molecule has 0 saturated carbocycles. The molecule has 0 aliphatic carbocycles. The SMILES string of the molecule is CC.SCC1=CC=NC1. The van der Waals surface area contributed by atoms with Gasteiger partial charge in [0, 0.05) is 12.0 Å². The quantitative estimate of drug-likeness (QED) is 0.539. The first kappa shape index (κ1) is 8.76. The first-order valence-electron chi connectivity index (χ1n) is 3.22. The third kappa shape index (κ3) is 3.36. The highest BCUT2D eigenvalue weighted by molar-refractivity contribution is 7.80. The Kier molecular flexibility index (Phi) is 5.73. The molecule has 9 heavy (non-hydrogen) atoms. The molecule has 0 fully saturated rings. The Labute approximate surface area is 62.3 Å². The summed E-state index contributed by atoms with van der Waals surface area (Å²) in [7, 11) is 0. The van der Waals surface area contributed by atoms with Crippen LogP contribution in [0.2, 0.25) is 0 Å². The van der Waals surface area contributed by atoms with Gasteiger partial charge < -0.3 is 0 Å². The van der Waals surface area contributed by atoms with E-state index in [1.807, 2.05) is 26.1 Å². The lowest BCUT2D eigenvalue weighted by molar-refractivity contribution is 1.19. The predicted octanol–water partition coefficient (Wildman–Crippen LogP) is 1.95. The molecule has 2 heteroatoms. The van der Waals surface area contributed by atoms with Crippen LogP contribution in [-0.4, -0.2) is 18.5 Å². The number of aliphatic imine (C=N–C) groups is 1. The summed E-state index contributed by atoms with van der Waals surface area (Å²) in [5.41, 5.74) is 1.31. The summed E-state index contributed by atoms with van der Waals surface area (Å²) >= 11 is 4.07. The largest absolute Gasteiger partial charge is 0.289 e. The Bertz CT molecular complexity index is 116. The van der Waals surface area contributed by atoms with Crippen molar-refractivity contribution >= 4 is 18.8 Å². The molecule has 0 aromatic heterocycles. The summed E-state index contributed by atoms with van der Waals surface area (Å²) < 4.78 is 0. The lowest BCUT2D eigenvalue weighted by Gasteiger charge is -1.86. The molecule has 0 N–H and O–H groups in total. The van der Waals surface area contributed by atoms with Gasteiger partial charge in [0.25, 0.3) is 0 Å². The van der Waals surface area contributed by atoms with Gasteiger partial charge in [-0.05, 0) is 11.6 Å². The molecule has 0 spiro atoms. The van der Waals surface area contributed by atoms with E-state index in [0.29, 0.717) is 0 Å². The molecule has 0 saturated heterocycles. The summed E-state index contributed by atoms with van der Waals surface area (Å²) in [5, 5.41) is 0. The first-order valence-corrected chi connectivity index (χ1v) is 3.85. The molecule has 1 heterocycles. The number of nitrogens with zero attached hydrogens (tertiary/aromatic N) is 1. The fraction of sp³-hybridized carbons (Fsp3) is 0.571. The number of rotatable bonds is 1. The van der Waals surface area contributed by atoms with Gasteiger partial charge in [0.1, 0.15) is 0 Å². The third-order valence-electron chi connectivity index (χ3n) is 0.913. The van der Waals surface area contributed by atoms with E-state index in [9.17, 15) is 0 Å². The van der Waals surface area contributed by atoms with E-state index in [1.54, 1.807) is 0 Å². The van der Waals surface area contributed by atoms with Crippen molar-refractivity contribution in [1.29, 1.82) is 0 Å². The summed E-state index contributed by atoms with van der Waals surface area (Å²) in [6.07, 6.45) is 3.83. The number of hydrogen-bond acceptors (Lipinski definition) is 2. The van der Waals surface area contributed by atoms with Crippen molar-refractivity contribution in [2.45, 2.75) is 13.8 Å². The van der Waals surface area contributed by atoms with E-state index in [4.69, 9.17) is 0 Å². The van der Waals surface area contributed by atoms with Crippen molar-refractivity contribution in [3.63, 3.8) is 0 Å². The third-order valence-corrected chi connectivity index (χ3v) is 1.32. The second-order valence-electron chi connectivity index (χ2n) is 1.47. The zero-order valence-corrected chi connectivity index (χ0v) is 6.86. The van der Waals surface area contributed by atoms with E-state index in [-0.39, 0.29) is 0 Å². The van der Waals surface area contributed by atoms with Crippen LogP contribution in [0.3, 0.4) is 0 Å². The molecule has 0 unspecified atom stereocenters. The van der Waals surface area contributed by atoms with E-state index < -0.39 is 0 Å². The standard InChI is InChI=1S/C5H7NS.C2H6/c7-4-5-1-2-6-3-5;1-2/h1-2,7H,3-4H2;1-2H3. The van der Waals surface area contributed by atoms with Gasteiger partial charge in [0.15, 0.2) is 0 Å². The Morgan fingerprint density at radius 3 is 2.56 bits per heavy atom. The topological polar surface area (TPSA) is 12.4 Å². The Morgan fingerprint density at radius 2 is 2.33 bits per heavy atom. The lowest BCUT2D eigenvalue weighted by atomic mass is 10.3. The normalized spacial score (nSPS) is 14.3. The summed E-state index contributed by atoms with van der Waals surface area (Å²) in [6.45, 7) is 4.86. The zero-order chi connectivity index (χ0) is 7.11. The Balaban J connectivity index is 0.000000291. The van der Waals surface area contributed by atoms with Gasteiger partial charge in [-0.1, -0.05) is 13.8 Å². The van der Waals surface area contributed by atoms with Crippen molar-refractivity contribution < 1.29 is 0 Å². The lowest BCUT2D eigenvalue weighted by Crippen LogP contribution is -1.82. The minimum atomic E-state index is 0.847. The molecule has 0 radical (unpaired) electrons. The van der Waals surface area contributed by atoms with Gasteiger partial charge in [0.05, 0.1) is 6.54 Å². The zero-order valence-electron chi connectivity index (χ0n) is 5.96. The Morgan fingerprint density at radius 1 is 1.67 bits per heavy atom. The monoisotopic (exact) mass is 143 g/mol. The number of allylic oxidation sites excluding steroid dienone is 1. The number of hydrogen-bond donors (Lipinski definition) is 1. The van der Waals surface area contributed by atoms with Crippen LogP contribution in [-0.2, 0) is 0 Å². The fourth-order valence-electron chi connectivity index (χ4n) is 0.483. The van der Waals surface area contributed by atoms with Gasteiger partial charge in [0.2, 0.25) is 0 Å². The molecule has 1 aliphatic rings. The minimum absolute atomic E-state index is 0.847. The molecule has 0 amide bonds. The van der Waals surface area contributed by atoms with Gasteiger partial charge >= 0.3 is 0 Å². The van der Waals surface area contributed by atoms with Crippen molar-refractivity contribution in [3.8, 4) is 0 Å². The molecular formula is C7H13NS. The maximum atomic E-state index is 4.07. The van der Waals surface area contributed by atoms with Crippen molar-refractivity contribution in [2.24, 2.45) is 4.99 Å². The van der Waals surface area contributed by atoms with Gasteiger partial charge in [-0.3, -0.25) is 4.99 Å². The van der Waals surface area contributed by atoms with Gasteiger partial charge in [-0.15, -0.1) is 0 Å². The predicted molar refractivity (Wildman–Crippen MR) is 46.6 cm³/mol. The minimum Gasteiger partial charge on any atom is -0.289 e. The van der Waals surface area contributed by atoms with Crippen LogP contribution in [0, 0.1) is 0 Å². The van der Waals surface area contributed by atoms with E-state index in [2.05, 4.69) is 17.6 Å². The summed E-state index contributed by atoms with van der Waals surface area (Å²) in [4.78, 5) is 3.97. The van der Waals surface area contributed by atoms with Crippen LogP contribution < -0.4 is 0 Å². The average molecular weight is 143 g/mol. The molecular weight excluding hydrogens is 130 g/mol. The molecule has 0 aromatic carbocycles. The Hall–Kier alpha value is -0.240. The van der Waals surface area contributed by atoms with E-state index in [0.717, 1.165) is 12.3 Å². The van der Waals surface area contributed by atoms with Crippen LogP contribution >= 0.6 is 12.6 Å². The molecule has 1 rings (SSSR count). The van der Waals surface area contributed by atoms with Crippen LogP contribution in [0.5, 0.6) is 0 Å². The summed E-state index contributed by atoms with van der Waals surface area (Å²) in [6, 6.07) is 0. The van der Waals surface area contributed by atoms with Crippen molar-refractivity contribution in [3.05, 3.63) is 11.6 Å². The average Bonchev–Trinajstić information content (AvgIpc) is 2.43. The molecule has 0 atom stereocenters. The first-order chi connectivity index (χ1) is 4.43. The highest BCUT2D eigenvalue weighted by Gasteiger charge is 1.93. The van der Waals surface area contributed by atoms with Gasteiger partial charge in [-0.25, -0.2) is 0 Å². The molecule has 1 aliphatic heterocycles. The van der Waals surface area contributed by atoms with E-state index >= 15 is 0 Å². The van der Waals surface area contributed by atoms with Crippen molar-refractivity contribution in [1.82, 2.24) is 0 Å². The fourth-order valence-corrected chi connectivity index (χ4v) is 0.689. The second-order valence-corrected chi connectivity index (χ2v) is 1.79. The van der Waals surface area contributed by atoms with Crippen LogP contribution in [0.4, 0.5) is 0 Å². The smallest absolute Gasteiger partial charge is 0.0611 e. The maximum absolute atomic E-state index is 4.07. The number of thiol groups is 1. The van der Waals surface area contributed by atoms with Crippen LogP contribution in [0.15, 0.2) is 16.6 Å². The highest BCUT2D eigenvalue weighted by Crippen LogP contribution is 2.00. The van der Waals surface area contributed by atoms with Crippen molar-refractivity contribution in [2.75, 3.05) is 12.3 Å². The molecule has 0 aromatic rings. The molecule has 52 valence electrons. The summed E-state index contributed by atoms with van der Waals surface area (Å²) in [5.74, 6) is 0.847. The van der Waals surface area contributed by atoms with Gasteiger partial charge in [-0.2, -0.15) is 12.6 Å².